The van der Waals surface area contributed by atoms with Crippen molar-refractivity contribution in [2.24, 2.45) is 0 Å². The van der Waals surface area contributed by atoms with Crippen molar-refractivity contribution in [3.63, 3.8) is 0 Å². The van der Waals surface area contributed by atoms with Gasteiger partial charge < -0.3 is 9.30 Å². The predicted octanol–water partition coefficient (Wildman–Crippen LogP) is 3.25. The second-order valence-electron chi connectivity index (χ2n) is 3.86. The molecule has 2 aromatic rings. The van der Waals surface area contributed by atoms with Crippen LogP contribution >= 0.6 is 11.6 Å². The molecule has 0 amide bonds. The minimum atomic E-state index is -0.167. The maximum Gasteiger partial charge on any atom is 0.305 e. The summed E-state index contributed by atoms with van der Waals surface area (Å²) >= 11 is 6.09. The van der Waals surface area contributed by atoms with Gasteiger partial charge in [0.2, 0.25) is 0 Å². The van der Waals surface area contributed by atoms with Crippen LogP contribution in [0.2, 0.25) is 5.02 Å². The molecule has 0 atom stereocenters. The van der Waals surface area contributed by atoms with E-state index in [0.29, 0.717) is 6.42 Å². The fraction of sp³-hybridized carbons (Fsp3) is 0.308. The number of aryl methyl sites for hydroxylation is 1. The molecule has 0 N–H and O–H groups in total. The van der Waals surface area contributed by atoms with E-state index in [2.05, 4.69) is 9.30 Å². The van der Waals surface area contributed by atoms with Crippen molar-refractivity contribution >= 4 is 28.5 Å². The predicted molar refractivity (Wildman–Crippen MR) is 68.2 cm³/mol. The van der Waals surface area contributed by atoms with E-state index in [-0.39, 0.29) is 5.97 Å². The second kappa shape index (κ2) is 5.23. The van der Waals surface area contributed by atoms with Gasteiger partial charge in [0.15, 0.2) is 0 Å². The average molecular weight is 252 g/mol. The van der Waals surface area contributed by atoms with E-state index in [1.54, 1.807) is 0 Å². The monoisotopic (exact) mass is 251 g/mol. The van der Waals surface area contributed by atoms with Gasteiger partial charge in [-0.15, -0.1) is 0 Å². The molecule has 0 spiro atoms. The van der Waals surface area contributed by atoms with Gasteiger partial charge in [-0.1, -0.05) is 17.7 Å². The first-order valence-corrected chi connectivity index (χ1v) is 5.90. The Labute approximate surface area is 105 Å². The van der Waals surface area contributed by atoms with Gasteiger partial charge in [-0.2, -0.15) is 0 Å². The normalized spacial score (nSPS) is 10.7. The number of ether oxygens (including phenoxy) is 1. The van der Waals surface area contributed by atoms with Crippen molar-refractivity contribution in [1.29, 1.82) is 0 Å². The number of benzene rings is 1. The Morgan fingerprint density at radius 2 is 2.24 bits per heavy atom. The molecule has 0 bridgehead atoms. The van der Waals surface area contributed by atoms with Gasteiger partial charge in [-0.25, -0.2) is 0 Å². The summed E-state index contributed by atoms with van der Waals surface area (Å²) in [4.78, 5) is 11.0. The van der Waals surface area contributed by atoms with Crippen molar-refractivity contribution in [1.82, 2.24) is 4.57 Å². The molecule has 3 nitrogen and oxygen atoms in total. The van der Waals surface area contributed by atoms with Crippen molar-refractivity contribution < 1.29 is 9.53 Å². The number of methoxy groups -OCH3 is 1. The van der Waals surface area contributed by atoms with Crippen LogP contribution in [0.15, 0.2) is 30.5 Å². The maximum atomic E-state index is 11.0. The summed E-state index contributed by atoms with van der Waals surface area (Å²) in [5.41, 5.74) is 1.10. The molecule has 1 heterocycles. The Morgan fingerprint density at radius 1 is 1.41 bits per heavy atom. The fourth-order valence-electron chi connectivity index (χ4n) is 1.88. The number of aromatic nitrogens is 1. The van der Waals surface area contributed by atoms with Crippen LogP contribution in [0.5, 0.6) is 0 Å². The topological polar surface area (TPSA) is 31.2 Å². The number of rotatable bonds is 4. The largest absolute Gasteiger partial charge is 0.469 e. The van der Waals surface area contributed by atoms with Crippen molar-refractivity contribution in [2.45, 2.75) is 19.4 Å². The molecular formula is C13H14ClNO2. The number of fused-ring (bicyclic) bond motifs is 1. The van der Waals surface area contributed by atoms with E-state index in [1.807, 2.05) is 30.5 Å². The van der Waals surface area contributed by atoms with Crippen LogP contribution in [0.4, 0.5) is 0 Å². The molecule has 1 aromatic carbocycles. The van der Waals surface area contributed by atoms with Crippen LogP contribution in [0.25, 0.3) is 10.9 Å². The zero-order valence-corrected chi connectivity index (χ0v) is 10.4. The van der Waals surface area contributed by atoms with Gasteiger partial charge in [-0.3, -0.25) is 4.79 Å². The van der Waals surface area contributed by atoms with Crippen LogP contribution in [0, 0.1) is 0 Å². The third-order valence-electron chi connectivity index (χ3n) is 2.77. The third kappa shape index (κ3) is 2.61. The van der Waals surface area contributed by atoms with Gasteiger partial charge in [0.25, 0.3) is 0 Å². The van der Waals surface area contributed by atoms with Crippen LogP contribution in [-0.2, 0) is 16.1 Å². The zero-order chi connectivity index (χ0) is 12.3. The van der Waals surface area contributed by atoms with E-state index in [9.17, 15) is 4.79 Å². The number of hydrogen-bond acceptors (Lipinski definition) is 2. The van der Waals surface area contributed by atoms with Gasteiger partial charge in [0.1, 0.15) is 0 Å². The third-order valence-corrected chi connectivity index (χ3v) is 3.10. The summed E-state index contributed by atoms with van der Waals surface area (Å²) in [6, 6.07) is 7.83. The highest BCUT2D eigenvalue weighted by Crippen LogP contribution is 2.24. The van der Waals surface area contributed by atoms with E-state index < -0.39 is 0 Å². The SMILES string of the molecule is COC(=O)CCCn1ccc2c(Cl)cccc21. The Bertz CT molecular complexity index is 533. The average Bonchev–Trinajstić information content (AvgIpc) is 2.74. The summed E-state index contributed by atoms with van der Waals surface area (Å²) in [5.74, 6) is -0.167. The quantitative estimate of drug-likeness (QED) is 0.781. The Kier molecular flexibility index (Phi) is 3.69. The van der Waals surface area contributed by atoms with Gasteiger partial charge in [-0.05, 0) is 24.6 Å². The lowest BCUT2D eigenvalue weighted by molar-refractivity contribution is -0.140. The maximum absolute atomic E-state index is 11.0. The van der Waals surface area contributed by atoms with Crippen LogP contribution in [-0.4, -0.2) is 17.6 Å². The highest BCUT2D eigenvalue weighted by atomic mass is 35.5. The Hall–Kier alpha value is -1.48. The zero-order valence-electron chi connectivity index (χ0n) is 9.65. The summed E-state index contributed by atoms with van der Waals surface area (Å²) in [5, 5.41) is 1.81. The minimum Gasteiger partial charge on any atom is -0.469 e. The summed E-state index contributed by atoms with van der Waals surface area (Å²) < 4.78 is 6.71. The lowest BCUT2D eigenvalue weighted by Crippen LogP contribution is -2.03. The standard InChI is InChI=1S/C13H14ClNO2/c1-17-13(16)6-3-8-15-9-7-10-11(14)4-2-5-12(10)15/h2,4-5,7,9H,3,6,8H2,1H3. The smallest absolute Gasteiger partial charge is 0.305 e. The number of esters is 1. The molecule has 0 aliphatic rings. The van der Waals surface area contributed by atoms with Crippen LogP contribution < -0.4 is 0 Å². The van der Waals surface area contributed by atoms with Gasteiger partial charge in [0.05, 0.1) is 7.11 Å². The first kappa shape index (κ1) is 12.0. The molecule has 0 aliphatic heterocycles. The van der Waals surface area contributed by atoms with Crippen molar-refractivity contribution in [2.75, 3.05) is 7.11 Å². The summed E-state index contributed by atoms with van der Waals surface area (Å²) in [7, 11) is 1.41. The van der Waals surface area contributed by atoms with Crippen LogP contribution in [0.3, 0.4) is 0 Å². The van der Waals surface area contributed by atoms with E-state index >= 15 is 0 Å². The molecule has 1 aromatic heterocycles. The van der Waals surface area contributed by atoms with E-state index in [1.165, 1.54) is 7.11 Å². The second-order valence-corrected chi connectivity index (χ2v) is 4.27. The lowest BCUT2D eigenvalue weighted by Gasteiger charge is -2.05. The van der Waals surface area contributed by atoms with Crippen molar-refractivity contribution in [3.05, 3.63) is 35.5 Å². The van der Waals surface area contributed by atoms with Gasteiger partial charge in [0, 0.05) is 35.1 Å². The fourth-order valence-corrected chi connectivity index (χ4v) is 2.11. The molecule has 0 fully saturated rings. The number of carbonyl (C=O) groups excluding carboxylic acids is 1. The van der Waals surface area contributed by atoms with Crippen LogP contribution in [0.1, 0.15) is 12.8 Å². The molecule has 17 heavy (non-hydrogen) atoms. The highest BCUT2D eigenvalue weighted by Gasteiger charge is 2.05. The summed E-state index contributed by atoms with van der Waals surface area (Å²) in [6.07, 6.45) is 3.20. The number of carbonyl (C=O) groups is 1. The molecule has 0 saturated carbocycles. The molecule has 0 saturated heterocycles. The molecule has 0 radical (unpaired) electrons. The Balaban J connectivity index is 2.09. The van der Waals surface area contributed by atoms with Crippen molar-refractivity contribution in [3.8, 4) is 0 Å². The highest BCUT2D eigenvalue weighted by molar-refractivity contribution is 6.35. The first-order chi connectivity index (χ1) is 8.22. The number of halogens is 1. The molecule has 4 heteroatoms. The number of hydrogen-bond donors (Lipinski definition) is 0. The minimum absolute atomic E-state index is 0.167. The first-order valence-electron chi connectivity index (χ1n) is 5.52. The molecule has 90 valence electrons. The molecule has 2 rings (SSSR count). The van der Waals surface area contributed by atoms with E-state index in [0.717, 1.165) is 28.9 Å². The Morgan fingerprint density at radius 3 is 3.00 bits per heavy atom. The van der Waals surface area contributed by atoms with E-state index in [4.69, 9.17) is 11.6 Å². The van der Waals surface area contributed by atoms with Gasteiger partial charge >= 0.3 is 5.97 Å². The molecule has 0 aliphatic carbocycles. The molecule has 0 unspecified atom stereocenters. The lowest BCUT2D eigenvalue weighted by atomic mass is 10.2. The summed E-state index contributed by atoms with van der Waals surface area (Å²) in [6.45, 7) is 0.791. The number of nitrogens with zero attached hydrogens (tertiary/aromatic N) is 1. The molecular weight excluding hydrogens is 238 g/mol.